The number of ketones is 2. The van der Waals surface area contributed by atoms with Crippen molar-refractivity contribution in [3.05, 3.63) is 34.9 Å². The third-order valence-electron chi connectivity index (χ3n) is 9.19. The summed E-state index contributed by atoms with van der Waals surface area (Å²) in [7, 11) is 0. The van der Waals surface area contributed by atoms with Gasteiger partial charge in [-0.1, -0.05) is 36.8 Å². The van der Waals surface area contributed by atoms with Gasteiger partial charge < -0.3 is 4.74 Å². The zero-order chi connectivity index (χ0) is 21.5. The maximum atomic E-state index is 12.9. The van der Waals surface area contributed by atoms with Crippen molar-refractivity contribution in [2.45, 2.75) is 64.9 Å². The van der Waals surface area contributed by atoms with E-state index in [2.05, 4.69) is 25.2 Å². The molecule has 5 aliphatic rings. The first-order valence-corrected chi connectivity index (χ1v) is 11.5. The van der Waals surface area contributed by atoms with Gasteiger partial charge in [0.25, 0.3) is 0 Å². The first-order chi connectivity index (χ1) is 14.1. The number of fused-ring (bicyclic) bond motifs is 2. The van der Waals surface area contributed by atoms with Crippen LogP contribution in [-0.4, -0.2) is 23.1 Å². The number of hydrogen-bond acceptors (Lipinski definition) is 4. The van der Waals surface area contributed by atoms with Crippen molar-refractivity contribution in [1.29, 1.82) is 0 Å². The Bertz CT molecular complexity index is 945. The summed E-state index contributed by atoms with van der Waals surface area (Å²) in [5.74, 6) is 0.811. The van der Waals surface area contributed by atoms with Crippen LogP contribution >= 0.6 is 11.6 Å². The van der Waals surface area contributed by atoms with Crippen molar-refractivity contribution >= 4 is 29.1 Å². The lowest BCUT2D eigenvalue weighted by Gasteiger charge is -2.62. The van der Waals surface area contributed by atoms with E-state index in [0.717, 1.165) is 31.3 Å². The van der Waals surface area contributed by atoms with Crippen molar-refractivity contribution in [3.8, 4) is 0 Å². The molecule has 5 aliphatic carbocycles. The Labute approximate surface area is 182 Å². The van der Waals surface area contributed by atoms with E-state index in [4.69, 9.17) is 16.3 Å². The number of halogens is 1. The number of hydrogen-bond donors (Lipinski definition) is 0. The average Bonchev–Trinajstić information content (AvgIpc) is 2.96. The number of Topliss-reactive ketones (excluding diaryl/α,β-unsaturated/α-hetero) is 1. The molecular formula is C25H29ClO4. The number of allylic oxidation sites excluding steroid dienone is 6. The van der Waals surface area contributed by atoms with E-state index in [1.165, 1.54) is 6.92 Å². The molecule has 1 spiro atoms. The Morgan fingerprint density at radius 2 is 2.00 bits per heavy atom. The SMILES string of the molecule is CC(=O)O[C@]1(C(C)=O)CCC2C3C=C(Cl)C4=CC(=O)CC[C@@]45CC=C[C@@H](C[C@@]21C)C35. The van der Waals surface area contributed by atoms with Crippen molar-refractivity contribution < 1.29 is 19.1 Å². The minimum Gasteiger partial charge on any atom is -0.451 e. The molecule has 0 radical (unpaired) electrons. The van der Waals surface area contributed by atoms with Gasteiger partial charge in [-0.2, -0.15) is 0 Å². The van der Waals surface area contributed by atoms with Crippen LogP contribution in [-0.2, 0) is 19.1 Å². The molecule has 2 saturated carbocycles. The lowest BCUT2D eigenvalue weighted by molar-refractivity contribution is -0.188. The number of ether oxygens (including phenoxy) is 1. The normalized spacial score (nSPS) is 46.2. The molecule has 0 saturated heterocycles. The predicted molar refractivity (Wildman–Crippen MR) is 114 cm³/mol. The number of esters is 1. The van der Waals surface area contributed by atoms with Crippen molar-refractivity contribution in [1.82, 2.24) is 0 Å². The van der Waals surface area contributed by atoms with Crippen LogP contribution in [0.4, 0.5) is 0 Å². The van der Waals surface area contributed by atoms with E-state index < -0.39 is 17.0 Å². The Hall–Kier alpha value is -1.68. The number of rotatable bonds is 2. The van der Waals surface area contributed by atoms with Crippen LogP contribution in [0.5, 0.6) is 0 Å². The van der Waals surface area contributed by atoms with Crippen LogP contribution in [0.25, 0.3) is 0 Å². The third-order valence-corrected chi connectivity index (χ3v) is 9.52. The summed E-state index contributed by atoms with van der Waals surface area (Å²) in [6.07, 6.45) is 13.1. The minimum absolute atomic E-state index is 0.0506. The highest BCUT2D eigenvalue weighted by molar-refractivity contribution is 6.32. The largest absolute Gasteiger partial charge is 0.451 e. The maximum Gasteiger partial charge on any atom is 0.303 e. The standard InChI is InChI=1S/C25H29ClO4/c1-14(27)25(30-15(2)28)10-7-19-18-12-21(26)20-11-17(29)6-9-24(20)8-4-5-16(22(18)24)13-23(19,25)3/h4-5,11-12,16,18-19,22H,6-10,13H2,1-3H3/t16-,18?,19?,22?,23-,24-,25-/m0/s1. The fourth-order valence-corrected chi connectivity index (χ4v) is 8.56. The molecule has 0 aromatic heterocycles. The molecule has 0 heterocycles. The lowest BCUT2D eigenvalue weighted by Crippen LogP contribution is -2.61. The van der Waals surface area contributed by atoms with Gasteiger partial charge in [0.2, 0.25) is 0 Å². The molecule has 0 aromatic carbocycles. The van der Waals surface area contributed by atoms with E-state index in [1.54, 1.807) is 13.0 Å². The molecule has 160 valence electrons. The molecule has 0 aliphatic heterocycles. The summed E-state index contributed by atoms with van der Waals surface area (Å²) < 4.78 is 5.87. The first kappa shape index (κ1) is 20.2. The summed E-state index contributed by atoms with van der Waals surface area (Å²) in [4.78, 5) is 37.2. The Morgan fingerprint density at radius 1 is 1.23 bits per heavy atom. The summed E-state index contributed by atoms with van der Waals surface area (Å²) >= 11 is 6.83. The quantitative estimate of drug-likeness (QED) is 0.462. The summed E-state index contributed by atoms with van der Waals surface area (Å²) in [5, 5.41) is 0.704. The van der Waals surface area contributed by atoms with Gasteiger partial charge in [-0.3, -0.25) is 14.4 Å². The molecule has 30 heavy (non-hydrogen) atoms. The molecule has 5 rings (SSSR count). The Morgan fingerprint density at radius 3 is 2.70 bits per heavy atom. The summed E-state index contributed by atoms with van der Waals surface area (Å²) in [6, 6.07) is 0. The van der Waals surface area contributed by atoms with Crippen molar-refractivity contribution in [2.24, 2.45) is 34.5 Å². The summed E-state index contributed by atoms with van der Waals surface area (Å²) in [6.45, 7) is 5.12. The van der Waals surface area contributed by atoms with E-state index in [-0.39, 0.29) is 34.7 Å². The zero-order valence-electron chi connectivity index (χ0n) is 17.9. The minimum atomic E-state index is -1.06. The van der Waals surface area contributed by atoms with E-state index in [1.807, 2.05) is 0 Å². The maximum absolute atomic E-state index is 12.9. The molecule has 0 amide bonds. The van der Waals surface area contributed by atoms with Gasteiger partial charge in [0.05, 0.1) is 0 Å². The molecule has 7 atom stereocenters. The van der Waals surface area contributed by atoms with Gasteiger partial charge in [0.15, 0.2) is 17.2 Å². The van der Waals surface area contributed by atoms with Crippen LogP contribution in [0, 0.1) is 34.5 Å². The molecular weight excluding hydrogens is 400 g/mol. The molecule has 5 heteroatoms. The lowest BCUT2D eigenvalue weighted by atomic mass is 9.42. The fraction of sp³-hybridized carbons (Fsp3) is 0.640. The number of carbonyl (C=O) groups excluding carboxylic acids is 3. The highest BCUT2D eigenvalue weighted by Gasteiger charge is 2.70. The zero-order valence-corrected chi connectivity index (χ0v) is 18.6. The topological polar surface area (TPSA) is 60.4 Å². The van der Waals surface area contributed by atoms with E-state index in [0.29, 0.717) is 23.8 Å². The van der Waals surface area contributed by atoms with Crippen LogP contribution < -0.4 is 0 Å². The molecule has 3 unspecified atom stereocenters. The molecule has 4 nitrogen and oxygen atoms in total. The highest BCUT2D eigenvalue weighted by atomic mass is 35.5. The van der Waals surface area contributed by atoms with Crippen LogP contribution in [0.2, 0.25) is 0 Å². The Balaban J connectivity index is 1.67. The first-order valence-electron chi connectivity index (χ1n) is 11.1. The van der Waals surface area contributed by atoms with Crippen LogP contribution in [0.15, 0.2) is 34.9 Å². The van der Waals surface area contributed by atoms with Crippen molar-refractivity contribution in [3.63, 3.8) is 0 Å². The van der Waals surface area contributed by atoms with Gasteiger partial charge in [0.1, 0.15) is 0 Å². The summed E-state index contributed by atoms with van der Waals surface area (Å²) in [5.41, 5.74) is -0.561. The molecule has 0 bridgehead atoms. The second-order valence-electron chi connectivity index (χ2n) is 10.3. The molecule has 0 aromatic rings. The van der Waals surface area contributed by atoms with Crippen LogP contribution in [0.3, 0.4) is 0 Å². The van der Waals surface area contributed by atoms with Crippen molar-refractivity contribution in [2.75, 3.05) is 0 Å². The van der Waals surface area contributed by atoms with Gasteiger partial charge in [-0.25, -0.2) is 0 Å². The second kappa shape index (κ2) is 6.41. The van der Waals surface area contributed by atoms with Gasteiger partial charge in [-0.05, 0) is 74.3 Å². The highest BCUT2D eigenvalue weighted by Crippen LogP contribution is 2.71. The smallest absolute Gasteiger partial charge is 0.303 e. The van der Waals surface area contributed by atoms with E-state index >= 15 is 0 Å². The van der Waals surface area contributed by atoms with Gasteiger partial charge in [0, 0.05) is 29.2 Å². The monoisotopic (exact) mass is 428 g/mol. The average molecular weight is 429 g/mol. The second-order valence-corrected chi connectivity index (χ2v) is 10.7. The molecule has 2 fully saturated rings. The third kappa shape index (κ3) is 2.37. The Kier molecular flexibility index (Phi) is 4.33. The van der Waals surface area contributed by atoms with E-state index in [9.17, 15) is 14.4 Å². The number of carbonyl (C=O) groups is 3. The van der Waals surface area contributed by atoms with Gasteiger partial charge in [-0.15, -0.1) is 0 Å². The predicted octanol–water partition coefficient (Wildman–Crippen LogP) is 4.92. The fourth-order valence-electron chi connectivity index (χ4n) is 8.17. The molecule has 0 N–H and O–H groups in total. The van der Waals surface area contributed by atoms with Gasteiger partial charge >= 0.3 is 5.97 Å². The van der Waals surface area contributed by atoms with Crippen LogP contribution in [0.1, 0.15) is 59.3 Å².